The molecule has 2 aromatic rings. The number of benzene rings is 1. The summed E-state index contributed by atoms with van der Waals surface area (Å²) in [6, 6.07) is 14.9. The summed E-state index contributed by atoms with van der Waals surface area (Å²) in [6.45, 7) is 0. The summed E-state index contributed by atoms with van der Waals surface area (Å²) in [5, 5.41) is 9.40. The second-order valence-corrected chi connectivity index (χ2v) is 6.11. The van der Waals surface area contributed by atoms with Crippen LogP contribution in [0.1, 0.15) is 21.8 Å². The van der Waals surface area contributed by atoms with Crippen molar-refractivity contribution in [1.82, 2.24) is 4.98 Å². The van der Waals surface area contributed by atoms with Gasteiger partial charge in [0.1, 0.15) is 0 Å². The molecule has 0 bridgehead atoms. The molecule has 0 amide bonds. The molecule has 22 heavy (non-hydrogen) atoms. The lowest BCUT2D eigenvalue weighted by atomic mass is 9.87. The SMILES string of the molecule is N#CC1=C(N)SC(C(=O)c2ccccc2)C1c1cccnc1. The second-order valence-electron chi connectivity index (χ2n) is 4.92. The van der Waals surface area contributed by atoms with Crippen LogP contribution < -0.4 is 5.73 Å². The van der Waals surface area contributed by atoms with Crippen LogP contribution in [-0.4, -0.2) is 16.0 Å². The minimum absolute atomic E-state index is 0.0207. The maximum Gasteiger partial charge on any atom is 0.177 e. The molecule has 108 valence electrons. The second kappa shape index (κ2) is 6.04. The molecule has 0 spiro atoms. The first-order chi connectivity index (χ1) is 10.7. The molecule has 1 aromatic heterocycles. The number of nitrogens with two attached hydrogens (primary N) is 1. The number of hydrogen-bond donors (Lipinski definition) is 1. The van der Waals surface area contributed by atoms with Crippen molar-refractivity contribution in [2.45, 2.75) is 11.2 Å². The molecule has 0 saturated heterocycles. The number of nitriles is 1. The Hall–Kier alpha value is -2.58. The summed E-state index contributed by atoms with van der Waals surface area (Å²) in [5.74, 6) is -0.371. The van der Waals surface area contributed by atoms with Gasteiger partial charge in [-0.1, -0.05) is 48.2 Å². The van der Waals surface area contributed by atoms with Crippen molar-refractivity contribution >= 4 is 17.5 Å². The molecular formula is C17H13N3OS. The number of Topliss-reactive ketones (excluding diaryl/α,β-unsaturated/α-hetero) is 1. The van der Waals surface area contributed by atoms with E-state index in [1.165, 1.54) is 11.8 Å². The van der Waals surface area contributed by atoms with Crippen molar-refractivity contribution < 1.29 is 4.79 Å². The van der Waals surface area contributed by atoms with Gasteiger partial charge in [0.05, 0.1) is 21.9 Å². The first-order valence-corrected chi connectivity index (χ1v) is 7.66. The highest BCUT2D eigenvalue weighted by Gasteiger charge is 2.40. The number of nitrogens with zero attached hydrogens (tertiary/aromatic N) is 2. The lowest BCUT2D eigenvalue weighted by Crippen LogP contribution is -2.23. The van der Waals surface area contributed by atoms with Gasteiger partial charge in [-0.2, -0.15) is 5.26 Å². The van der Waals surface area contributed by atoms with E-state index in [1.807, 2.05) is 24.3 Å². The summed E-state index contributed by atoms with van der Waals surface area (Å²) in [6.07, 6.45) is 3.35. The highest BCUT2D eigenvalue weighted by Crippen LogP contribution is 2.46. The Morgan fingerprint density at radius 2 is 2.00 bits per heavy atom. The summed E-state index contributed by atoms with van der Waals surface area (Å²) in [5.41, 5.74) is 7.88. The Bertz CT molecular complexity index is 765. The van der Waals surface area contributed by atoms with E-state index in [0.717, 1.165) is 5.56 Å². The minimum Gasteiger partial charge on any atom is -0.393 e. The van der Waals surface area contributed by atoms with E-state index in [-0.39, 0.29) is 11.7 Å². The van der Waals surface area contributed by atoms with Crippen molar-refractivity contribution in [2.24, 2.45) is 5.73 Å². The maximum absolute atomic E-state index is 12.8. The van der Waals surface area contributed by atoms with Crippen LogP contribution in [0.25, 0.3) is 0 Å². The monoisotopic (exact) mass is 307 g/mol. The van der Waals surface area contributed by atoms with E-state index in [4.69, 9.17) is 5.73 Å². The van der Waals surface area contributed by atoms with Crippen LogP contribution in [0.4, 0.5) is 0 Å². The van der Waals surface area contributed by atoms with Gasteiger partial charge in [0.15, 0.2) is 5.78 Å². The minimum atomic E-state index is -0.429. The fraction of sp³-hybridized carbons (Fsp3) is 0.118. The van der Waals surface area contributed by atoms with Gasteiger partial charge in [-0.15, -0.1) is 0 Å². The van der Waals surface area contributed by atoms with Crippen LogP contribution in [-0.2, 0) is 0 Å². The third-order valence-corrected chi connectivity index (χ3v) is 4.83. The van der Waals surface area contributed by atoms with Crippen LogP contribution >= 0.6 is 11.8 Å². The van der Waals surface area contributed by atoms with Crippen molar-refractivity contribution in [3.05, 3.63) is 76.6 Å². The summed E-state index contributed by atoms with van der Waals surface area (Å²) in [4.78, 5) is 16.9. The zero-order valence-corrected chi connectivity index (χ0v) is 12.5. The molecule has 0 radical (unpaired) electrons. The number of aromatic nitrogens is 1. The number of carbonyl (C=O) groups excluding carboxylic acids is 1. The number of pyridine rings is 1. The zero-order valence-electron chi connectivity index (χ0n) is 11.6. The van der Waals surface area contributed by atoms with E-state index < -0.39 is 5.25 Å². The standard InChI is InChI=1S/C17H13N3OS/c18-9-13-14(12-7-4-8-20-10-12)16(22-17(13)19)15(21)11-5-2-1-3-6-11/h1-8,10,14,16H,19H2. The van der Waals surface area contributed by atoms with E-state index in [1.54, 1.807) is 30.6 Å². The molecule has 1 aromatic carbocycles. The summed E-state index contributed by atoms with van der Waals surface area (Å²) in [7, 11) is 0. The molecule has 3 rings (SSSR count). The zero-order chi connectivity index (χ0) is 15.5. The molecule has 0 fully saturated rings. The first kappa shape index (κ1) is 14.4. The normalized spacial score (nSPS) is 20.7. The summed E-state index contributed by atoms with van der Waals surface area (Å²) >= 11 is 1.26. The quantitative estimate of drug-likeness (QED) is 0.882. The Morgan fingerprint density at radius 3 is 2.64 bits per heavy atom. The summed E-state index contributed by atoms with van der Waals surface area (Å²) < 4.78 is 0. The van der Waals surface area contributed by atoms with Gasteiger partial charge in [0.2, 0.25) is 0 Å². The Labute approximate surface area is 132 Å². The highest BCUT2D eigenvalue weighted by atomic mass is 32.2. The lowest BCUT2D eigenvalue weighted by Gasteiger charge is -2.18. The van der Waals surface area contributed by atoms with Gasteiger partial charge in [-0.25, -0.2) is 0 Å². The number of hydrogen-bond acceptors (Lipinski definition) is 5. The molecule has 1 aliphatic heterocycles. The molecule has 0 saturated carbocycles. The van der Waals surface area contributed by atoms with Gasteiger partial charge < -0.3 is 5.73 Å². The Balaban J connectivity index is 2.02. The molecule has 2 unspecified atom stereocenters. The van der Waals surface area contributed by atoms with Crippen LogP contribution in [0.5, 0.6) is 0 Å². The smallest absolute Gasteiger partial charge is 0.177 e. The molecule has 1 aliphatic rings. The van der Waals surface area contributed by atoms with Crippen molar-refractivity contribution in [3.8, 4) is 6.07 Å². The largest absolute Gasteiger partial charge is 0.393 e. The molecule has 2 heterocycles. The number of carbonyl (C=O) groups is 1. The predicted octanol–water partition coefficient (Wildman–Crippen LogP) is 2.86. The van der Waals surface area contributed by atoms with Crippen LogP contribution in [0.15, 0.2) is 65.5 Å². The lowest BCUT2D eigenvalue weighted by molar-refractivity contribution is 0.0985. The topological polar surface area (TPSA) is 79.8 Å². The number of thioether (sulfide) groups is 1. The molecule has 4 nitrogen and oxygen atoms in total. The number of allylic oxidation sites excluding steroid dienone is 1. The van der Waals surface area contributed by atoms with Gasteiger partial charge in [-0.3, -0.25) is 9.78 Å². The molecule has 2 N–H and O–H groups in total. The molecule has 5 heteroatoms. The first-order valence-electron chi connectivity index (χ1n) is 6.78. The van der Waals surface area contributed by atoms with E-state index in [0.29, 0.717) is 16.2 Å². The Morgan fingerprint density at radius 1 is 1.23 bits per heavy atom. The average molecular weight is 307 g/mol. The van der Waals surface area contributed by atoms with Crippen LogP contribution in [0.3, 0.4) is 0 Å². The van der Waals surface area contributed by atoms with Gasteiger partial charge >= 0.3 is 0 Å². The molecule has 0 aliphatic carbocycles. The fourth-order valence-electron chi connectivity index (χ4n) is 2.57. The molecule has 2 atom stereocenters. The van der Waals surface area contributed by atoms with E-state index in [2.05, 4.69) is 11.1 Å². The maximum atomic E-state index is 12.8. The Kier molecular flexibility index (Phi) is 3.94. The third-order valence-electron chi connectivity index (χ3n) is 3.61. The molecular weight excluding hydrogens is 294 g/mol. The van der Waals surface area contributed by atoms with Gasteiger partial charge in [-0.05, 0) is 11.6 Å². The van der Waals surface area contributed by atoms with Gasteiger partial charge in [0.25, 0.3) is 0 Å². The van der Waals surface area contributed by atoms with Crippen molar-refractivity contribution in [3.63, 3.8) is 0 Å². The average Bonchev–Trinajstić information content (AvgIpc) is 2.92. The number of ketones is 1. The third kappa shape index (κ3) is 2.49. The van der Waals surface area contributed by atoms with E-state index >= 15 is 0 Å². The van der Waals surface area contributed by atoms with Crippen molar-refractivity contribution in [1.29, 1.82) is 5.26 Å². The van der Waals surface area contributed by atoms with Crippen LogP contribution in [0, 0.1) is 11.3 Å². The predicted molar refractivity (Wildman–Crippen MR) is 86.0 cm³/mol. The van der Waals surface area contributed by atoms with Crippen molar-refractivity contribution in [2.75, 3.05) is 0 Å². The highest BCUT2D eigenvalue weighted by molar-refractivity contribution is 8.04. The van der Waals surface area contributed by atoms with Crippen LogP contribution in [0.2, 0.25) is 0 Å². The van der Waals surface area contributed by atoms with Gasteiger partial charge in [0, 0.05) is 23.9 Å². The fourth-order valence-corrected chi connectivity index (χ4v) is 3.82. The van der Waals surface area contributed by atoms with E-state index in [9.17, 15) is 10.1 Å². The number of rotatable bonds is 3.